The second-order valence-corrected chi connectivity index (χ2v) is 8.31. The van der Waals surface area contributed by atoms with Crippen molar-refractivity contribution in [2.24, 2.45) is 5.73 Å². The van der Waals surface area contributed by atoms with Crippen LogP contribution < -0.4 is 20.8 Å². The lowest BCUT2D eigenvalue weighted by Crippen LogP contribution is -2.21. The molecule has 4 rings (SSSR count). The number of nitrogens with zero attached hydrogens (tertiary/aromatic N) is 1. The number of methoxy groups -OCH3 is 1. The van der Waals surface area contributed by atoms with Crippen molar-refractivity contribution in [3.63, 3.8) is 0 Å². The van der Waals surface area contributed by atoms with Crippen molar-refractivity contribution in [1.82, 2.24) is 4.57 Å². The number of hydrogen-bond acceptors (Lipinski definition) is 4. The summed E-state index contributed by atoms with van der Waals surface area (Å²) < 4.78 is 13.3. The highest BCUT2D eigenvalue weighted by Gasteiger charge is 2.19. The van der Waals surface area contributed by atoms with Crippen LogP contribution in [-0.2, 0) is 6.54 Å². The smallest absolute Gasteiger partial charge is 0.258 e. The van der Waals surface area contributed by atoms with Gasteiger partial charge in [0.05, 0.1) is 19.8 Å². The average Bonchev–Trinajstić information content (AvgIpc) is 2.96. The fourth-order valence-electron chi connectivity index (χ4n) is 4.19. The van der Waals surface area contributed by atoms with E-state index in [1.807, 2.05) is 55.6 Å². The third kappa shape index (κ3) is 4.51. The van der Waals surface area contributed by atoms with Crippen LogP contribution in [0.4, 0.5) is 0 Å². The topological polar surface area (TPSA) is 66.5 Å². The van der Waals surface area contributed by atoms with Gasteiger partial charge < -0.3 is 19.8 Å². The Balaban J connectivity index is 1.57. The zero-order chi connectivity index (χ0) is 21.1. The average molecular weight is 407 g/mol. The normalized spacial score (nSPS) is 19.4. The number of nitrogens with two attached hydrogens (primary N) is 1. The number of ether oxygens (including phenoxy) is 2. The molecule has 0 saturated heterocycles. The first-order valence-corrected chi connectivity index (χ1v) is 10.7. The Kier molecular flexibility index (Phi) is 6.09. The highest BCUT2D eigenvalue weighted by molar-refractivity contribution is 5.84. The van der Waals surface area contributed by atoms with Gasteiger partial charge in [-0.15, -0.1) is 0 Å². The van der Waals surface area contributed by atoms with E-state index in [4.69, 9.17) is 15.2 Å². The fraction of sp³-hybridized carbons (Fsp3) is 0.400. The van der Waals surface area contributed by atoms with E-state index >= 15 is 0 Å². The van der Waals surface area contributed by atoms with Crippen molar-refractivity contribution < 1.29 is 9.47 Å². The Morgan fingerprint density at radius 1 is 1.07 bits per heavy atom. The van der Waals surface area contributed by atoms with E-state index in [-0.39, 0.29) is 11.7 Å². The third-order valence-electron chi connectivity index (χ3n) is 6.04. The first kappa shape index (κ1) is 20.5. The molecule has 1 fully saturated rings. The summed E-state index contributed by atoms with van der Waals surface area (Å²) in [4.78, 5) is 13.1. The maximum atomic E-state index is 13.1. The van der Waals surface area contributed by atoms with Crippen LogP contribution in [0, 0.1) is 6.92 Å². The van der Waals surface area contributed by atoms with Crippen LogP contribution in [0.15, 0.2) is 53.5 Å². The first-order chi connectivity index (χ1) is 14.5. The minimum Gasteiger partial charge on any atom is -0.497 e. The van der Waals surface area contributed by atoms with Crippen LogP contribution in [0.3, 0.4) is 0 Å². The summed E-state index contributed by atoms with van der Waals surface area (Å²) in [5.74, 6) is 1.68. The molecular weight excluding hydrogens is 376 g/mol. The van der Waals surface area contributed by atoms with E-state index in [9.17, 15) is 4.79 Å². The summed E-state index contributed by atoms with van der Waals surface area (Å²) in [6, 6.07) is 14.0. The summed E-state index contributed by atoms with van der Waals surface area (Å²) in [7, 11) is 1.65. The van der Waals surface area contributed by atoms with Crippen molar-refractivity contribution in [3.8, 4) is 11.5 Å². The SMILES string of the molecule is COc1ccc(Cn2ccc3cc(O[C@@H]4CCC[C@H](N)CC4)c(C)cc3c2=O)cc1. The van der Waals surface area contributed by atoms with Crippen LogP contribution in [0.25, 0.3) is 10.8 Å². The highest BCUT2D eigenvalue weighted by Crippen LogP contribution is 2.28. The van der Waals surface area contributed by atoms with Gasteiger partial charge in [-0.05, 0) is 85.9 Å². The van der Waals surface area contributed by atoms with E-state index in [2.05, 4.69) is 0 Å². The Labute approximate surface area is 177 Å². The summed E-state index contributed by atoms with van der Waals surface area (Å²) in [6.45, 7) is 2.54. The molecule has 0 spiro atoms. The van der Waals surface area contributed by atoms with Gasteiger partial charge in [-0.3, -0.25) is 4.79 Å². The maximum Gasteiger partial charge on any atom is 0.258 e. The molecule has 1 saturated carbocycles. The zero-order valence-electron chi connectivity index (χ0n) is 17.8. The Bertz CT molecular complexity index is 1070. The molecule has 2 atom stereocenters. The number of benzene rings is 2. The van der Waals surface area contributed by atoms with Gasteiger partial charge in [0.2, 0.25) is 0 Å². The minimum atomic E-state index is 0.0124. The van der Waals surface area contributed by atoms with E-state index in [1.165, 1.54) is 0 Å². The van der Waals surface area contributed by atoms with Gasteiger partial charge in [0.15, 0.2) is 0 Å². The molecule has 1 aliphatic carbocycles. The minimum absolute atomic E-state index is 0.0124. The van der Waals surface area contributed by atoms with Crippen LogP contribution in [0.5, 0.6) is 11.5 Å². The number of aryl methyl sites for hydroxylation is 1. The van der Waals surface area contributed by atoms with Gasteiger partial charge in [-0.25, -0.2) is 0 Å². The second kappa shape index (κ2) is 8.92. The number of hydrogen-bond donors (Lipinski definition) is 1. The van der Waals surface area contributed by atoms with Crippen molar-refractivity contribution in [3.05, 3.63) is 70.1 Å². The van der Waals surface area contributed by atoms with Crippen molar-refractivity contribution in [2.45, 2.75) is 57.7 Å². The molecule has 1 aromatic heterocycles. The van der Waals surface area contributed by atoms with Crippen molar-refractivity contribution in [1.29, 1.82) is 0 Å². The van der Waals surface area contributed by atoms with Crippen LogP contribution in [-0.4, -0.2) is 23.8 Å². The monoisotopic (exact) mass is 406 g/mol. The lowest BCUT2D eigenvalue weighted by atomic mass is 10.1. The fourth-order valence-corrected chi connectivity index (χ4v) is 4.19. The molecular formula is C25H30N2O3. The molecule has 0 radical (unpaired) electrons. The molecule has 0 unspecified atom stereocenters. The van der Waals surface area contributed by atoms with E-state index in [0.717, 1.165) is 65.5 Å². The maximum absolute atomic E-state index is 13.1. The Hall–Kier alpha value is -2.79. The van der Waals surface area contributed by atoms with E-state index in [0.29, 0.717) is 12.6 Å². The lowest BCUT2D eigenvalue weighted by Gasteiger charge is -2.19. The van der Waals surface area contributed by atoms with E-state index in [1.54, 1.807) is 11.7 Å². The predicted octanol–water partition coefficient (Wildman–Crippen LogP) is 4.41. The number of pyridine rings is 1. The van der Waals surface area contributed by atoms with Gasteiger partial charge in [-0.1, -0.05) is 12.1 Å². The molecule has 0 aliphatic heterocycles. The molecule has 2 N–H and O–H groups in total. The van der Waals surface area contributed by atoms with Crippen LogP contribution >= 0.6 is 0 Å². The summed E-state index contributed by atoms with van der Waals surface area (Å²) >= 11 is 0. The van der Waals surface area contributed by atoms with E-state index < -0.39 is 0 Å². The number of aromatic nitrogens is 1. The quantitative estimate of drug-likeness (QED) is 0.638. The Morgan fingerprint density at radius 2 is 1.87 bits per heavy atom. The van der Waals surface area contributed by atoms with Crippen LogP contribution in [0.1, 0.15) is 43.2 Å². The lowest BCUT2D eigenvalue weighted by molar-refractivity contribution is 0.182. The van der Waals surface area contributed by atoms with Crippen molar-refractivity contribution in [2.75, 3.05) is 7.11 Å². The van der Waals surface area contributed by atoms with Gasteiger partial charge in [-0.2, -0.15) is 0 Å². The van der Waals surface area contributed by atoms with Gasteiger partial charge in [0, 0.05) is 17.6 Å². The molecule has 5 heteroatoms. The van der Waals surface area contributed by atoms with Gasteiger partial charge >= 0.3 is 0 Å². The molecule has 30 heavy (non-hydrogen) atoms. The Morgan fingerprint density at radius 3 is 2.63 bits per heavy atom. The molecule has 1 aliphatic rings. The molecule has 3 aromatic rings. The standard InChI is InChI=1S/C25H30N2O3/c1-17-14-23-19(15-24(17)30-22-5-3-4-20(26)8-11-22)12-13-27(25(23)28)16-18-6-9-21(29-2)10-7-18/h6-7,9-10,12-15,20,22H,3-5,8,11,16,26H2,1-2H3/t20-,22+/m0/s1. The van der Waals surface area contributed by atoms with Gasteiger partial charge in [0.1, 0.15) is 11.5 Å². The zero-order valence-corrected chi connectivity index (χ0v) is 17.8. The summed E-state index contributed by atoms with van der Waals surface area (Å²) in [5, 5.41) is 1.63. The second-order valence-electron chi connectivity index (χ2n) is 8.31. The molecule has 0 bridgehead atoms. The number of fused-ring (bicyclic) bond motifs is 1. The predicted molar refractivity (Wildman–Crippen MR) is 121 cm³/mol. The molecule has 1 heterocycles. The van der Waals surface area contributed by atoms with Gasteiger partial charge in [0.25, 0.3) is 5.56 Å². The largest absolute Gasteiger partial charge is 0.497 e. The van der Waals surface area contributed by atoms with Crippen LogP contribution in [0.2, 0.25) is 0 Å². The third-order valence-corrected chi connectivity index (χ3v) is 6.04. The van der Waals surface area contributed by atoms with Crippen molar-refractivity contribution >= 4 is 10.8 Å². The molecule has 0 amide bonds. The number of rotatable bonds is 5. The first-order valence-electron chi connectivity index (χ1n) is 10.7. The highest BCUT2D eigenvalue weighted by atomic mass is 16.5. The summed E-state index contributed by atoms with van der Waals surface area (Å²) in [5.41, 5.74) is 8.16. The molecule has 5 nitrogen and oxygen atoms in total. The molecule has 158 valence electrons. The summed E-state index contributed by atoms with van der Waals surface area (Å²) in [6.07, 6.45) is 7.27. The molecule has 2 aromatic carbocycles.